The third-order valence-corrected chi connectivity index (χ3v) is 2.89. The van der Waals surface area contributed by atoms with Crippen LogP contribution in [0.3, 0.4) is 0 Å². The van der Waals surface area contributed by atoms with Gasteiger partial charge in [-0.05, 0) is 32.4 Å². The standard InChI is InChI=1S/C9H10O3/c1-5-4-6(10)8(2)9(3,12-8)7(5)11/h4H,1-3H3/t8-,9+/m0/s1. The van der Waals surface area contributed by atoms with E-state index in [1.165, 1.54) is 6.08 Å². The van der Waals surface area contributed by atoms with E-state index < -0.39 is 11.2 Å². The van der Waals surface area contributed by atoms with E-state index in [2.05, 4.69) is 0 Å². The molecule has 1 fully saturated rings. The number of ketones is 2. The first-order valence-electron chi connectivity index (χ1n) is 3.89. The summed E-state index contributed by atoms with van der Waals surface area (Å²) in [6, 6.07) is 0. The van der Waals surface area contributed by atoms with E-state index in [9.17, 15) is 9.59 Å². The number of carbonyl (C=O) groups excluding carboxylic acids is 2. The maximum atomic E-state index is 11.5. The van der Waals surface area contributed by atoms with Gasteiger partial charge < -0.3 is 4.74 Å². The monoisotopic (exact) mass is 166 g/mol. The van der Waals surface area contributed by atoms with Crippen LogP contribution in [0.1, 0.15) is 20.8 Å². The maximum absolute atomic E-state index is 11.5. The molecule has 2 rings (SSSR count). The van der Waals surface area contributed by atoms with Crippen LogP contribution in [-0.4, -0.2) is 22.8 Å². The predicted molar refractivity (Wildman–Crippen MR) is 41.7 cm³/mol. The van der Waals surface area contributed by atoms with Crippen molar-refractivity contribution in [1.82, 2.24) is 0 Å². The minimum atomic E-state index is -0.872. The van der Waals surface area contributed by atoms with Crippen molar-refractivity contribution < 1.29 is 14.3 Å². The summed E-state index contributed by atoms with van der Waals surface area (Å²) in [5.41, 5.74) is -1.25. The molecule has 0 saturated carbocycles. The molecule has 0 radical (unpaired) electrons. The van der Waals surface area contributed by atoms with Crippen LogP contribution in [-0.2, 0) is 14.3 Å². The first kappa shape index (κ1) is 7.68. The highest BCUT2D eigenvalue weighted by atomic mass is 16.6. The van der Waals surface area contributed by atoms with Crippen LogP contribution < -0.4 is 0 Å². The second-order valence-corrected chi connectivity index (χ2v) is 3.69. The molecule has 1 aliphatic heterocycles. The van der Waals surface area contributed by atoms with Gasteiger partial charge in [-0.3, -0.25) is 9.59 Å². The Balaban J connectivity index is 2.54. The van der Waals surface area contributed by atoms with E-state index >= 15 is 0 Å². The SMILES string of the molecule is CC1=CC(=O)[C@]2(C)O[C@]2(C)C1=O. The molecule has 2 atom stereocenters. The molecule has 0 aromatic rings. The molecule has 3 nitrogen and oxygen atoms in total. The summed E-state index contributed by atoms with van der Waals surface area (Å²) in [6.07, 6.45) is 1.37. The van der Waals surface area contributed by atoms with Crippen LogP contribution in [0.4, 0.5) is 0 Å². The zero-order valence-electron chi connectivity index (χ0n) is 7.30. The average molecular weight is 166 g/mol. The lowest BCUT2D eigenvalue weighted by atomic mass is 9.81. The number of hydrogen-bond donors (Lipinski definition) is 0. The number of carbonyl (C=O) groups is 2. The lowest BCUT2D eigenvalue weighted by Gasteiger charge is -2.14. The summed E-state index contributed by atoms with van der Waals surface area (Å²) < 4.78 is 5.20. The molecule has 3 heteroatoms. The Kier molecular flexibility index (Phi) is 1.08. The molecular formula is C9H10O3. The molecule has 1 heterocycles. The van der Waals surface area contributed by atoms with Crippen LogP contribution in [0.25, 0.3) is 0 Å². The van der Waals surface area contributed by atoms with Crippen LogP contribution in [0, 0.1) is 0 Å². The number of epoxide rings is 1. The van der Waals surface area contributed by atoms with Gasteiger partial charge in [0, 0.05) is 0 Å². The Morgan fingerprint density at radius 2 is 1.83 bits per heavy atom. The van der Waals surface area contributed by atoms with E-state index in [0.717, 1.165) is 0 Å². The Labute approximate surface area is 70.4 Å². The zero-order valence-corrected chi connectivity index (χ0v) is 7.30. The molecule has 0 unspecified atom stereocenters. The molecule has 64 valence electrons. The lowest BCUT2D eigenvalue weighted by molar-refractivity contribution is -0.123. The second kappa shape index (κ2) is 1.69. The first-order valence-corrected chi connectivity index (χ1v) is 3.89. The third kappa shape index (κ3) is 0.569. The fourth-order valence-corrected chi connectivity index (χ4v) is 1.71. The largest absolute Gasteiger partial charge is 0.346 e. The number of hydrogen-bond acceptors (Lipinski definition) is 3. The van der Waals surface area contributed by atoms with Crippen molar-refractivity contribution in [2.24, 2.45) is 0 Å². The highest BCUT2D eigenvalue weighted by Gasteiger charge is 2.73. The molecule has 0 aromatic heterocycles. The fourth-order valence-electron chi connectivity index (χ4n) is 1.71. The van der Waals surface area contributed by atoms with Gasteiger partial charge in [-0.1, -0.05) is 0 Å². The molecular weight excluding hydrogens is 156 g/mol. The van der Waals surface area contributed by atoms with Crippen molar-refractivity contribution in [3.05, 3.63) is 11.6 Å². The molecule has 0 spiro atoms. The second-order valence-electron chi connectivity index (χ2n) is 3.69. The van der Waals surface area contributed by atoms with Gasteiger partial charge in [0.15, 0.2) is 22.8 Å². The number of ether oxygens (including phenoxy) is 1. The van der Waals surface area contributed by atoms with E-state index in [-0.39, 0.29) is 11.6 Å². The molecule has 12 heavy (non-hydrogen) atoms. The van der Waals surface area contributed by atoms with Gasteiger partial charge in [-0.25, -0.2) is 0 Å². The summed E-state index contributed by atoms with van der Waals surface area (Å²) >= 11 is 0. The van der Waals surface area contributed by atoms with Crippen LogP contribution in [0.2, 0.25) is 0 Å². The van der Waals surface area contributed by atoms with Crippen molar-refractivity contribution >= 4 is 11.6 Å². The van der Waals surface area contributed by atoms with Crippen molar-refractivity contribution in [2.75, 3.05) is 0 Å². The highest BCUT2D eigenvalue weighted by Crippen LogP contribution is 2.52. The Hall–Kier alpha value is -0.960. The van der Waals surface area contributed by atoms with Gasteiger partial charge in [0.05, 0.1) is 0 Å². The van der Waals surface area contributed by atoms with Crippen molar-refractivity contribution in [2.45, 2.75) is 32.0 Å². The first-order chi connectivity index (χ1) is 5.42. The van der Waals surface area contributed by atoms with E-state index in [4.69, 9.17) is 4.74 Å². The smallest absolute Gasteiger partial charge is 0.193 e. The fraction of sp³-hybridized carbons (Fsp3) is 0.556. The number of Topliss-reactive ketones (excluding diaryl/α,β-unsaturated/α-hetero) is 1. The summed E-state index contributed by atoms with van der Waals surface area (Å²) in [7, 11) is 0. The topological polar surface area (TPSA) is 46.7 Å². The van der Waals surface area contributed by atoms with Gasteiger partial charge in [0.2, 0.25) is 0 Å². The average Bonchev–Trinajstić information content (AvgIpc) is 2.55. The van der Waals surface area contributed by atoms with E-state index in [1.54, 1.807) is 20.8 Å². The maximum Gasteiger partial charge on any atom is 0.193 e. The van der Waals surface area contributed by atoms with Crippen LogP contribution in [0.5, 0.6) is 0 Å². The predicted octanol–water partition coefficient (Wildman–Crippen LogP) is 0.632. The quantitative estimate of drug-likeness (QED) is 0.496. The Morgan fingerprint density at radius 3 is 2.42 bits per heavy atom. The molecule has 1 saturated heterocycles. The summed E-state index contributed by atoms with van der Waals surface area (Å²) in [6.45, 7) is 4.98. The Morgan fingerprint density at radius 1 is 1.25 bits per heavy atom. The zero-order chi connectivity index (χ0) is 9.15. The van der Waals surface area contributed by atoms with Crippen molar-refractivity contribution in [3.8, 4) is 0 Å². The minimum Gasteiger partial charge on any atom is -0.346 e. The van der Waals surface area contributed by atoms with Gasteiger partial charge in [-0.15, -0.1) is 0 Å². The van der Waals surface area contributed by atoms with Crippen LogP contribution >= 0.6 is 0 Å². The molecule has 1 aliphatic carbocycles. The highest BCUT2D eigenvalue weighted by molar-refractivity contribution is 6.20. The van der Waals surface area contributed by atoms with Crippen molar-refractivity contribution in [3.63, 3.8) is 0 Å². The van der Waals surface area contributed by atoms with Gasteiger partial charge >= 0.3 is 0 Å². The molecule has 0 N–H and O–H groups in total. The van der Waals surface area contributed by atoms with Crippen molar-refractivity contribution in [1.29, 1.82) is 0 Å². The molecule has 0 bridgehead atoms. The molecule has 0 amide bonds. The van der Waals surface area contributed by atoms with Crippen LogP contribution in [0.15, 0.2) is 11.6 Å². The molecule has 0 aromatic carbocycles. The summed E-state index contributed by atoms with van der Waals surface area (Å²) in [4.78, 5) is 22.9. The summed E-state index contributed by atoms with van der Waals surface area (Å²) in [5, 5.41) is 0. The van der Waals surface area contributed by atoms with E-state index in [0.29, 0.717) is 5.57 Å². The third-order valence-electron chi connectivity index (χ3n) is 2.89. The van der Waals surface area contributed by atoms with E-state index in [1.807, 2.05) is 0 Å². The Bertz CT molecular complexity index is 329. The van der Waals surface area contributed by atoms with Gasteiger partial charge in [0.1, 0.15) is 0 Å². The number of rotatable bonds is 0. The number of fused-ring (bicyclic) bond motifs is 1. The molecule has 2 aliphatic rings. The normalized spacial score (nSPS) is 45.4. The minimum absolute atomic E-state index is 0.0652. The summed E-state index contributed by atoms with van der Waals surface area (Å²) in [5.74, 6) is -0.160. The van der Waals surface area contributed by atoms with Gasteiger partial charge in [-0.2, -0.15) is 0 Å². The lowest BCUT2D eigenvalue weighted by Crippen LogP contribution is -2.39. The van der Waals surface area contributed by atoms with Gasteiger partial charge in [0.25, 0.3) is 0 Å².